The van der Waals surface area contributed by atoms with Gasteiger partial charge in [0, 0.05) is 12.0 Å². The van der Waals surface area contributed by atoms with E-state index in [0.717, 1.165) is 16.9 Å². The van der Waals surface area contributed by atoms with E-state index in [0.29, 0.717) is 6.42 Å². The van der Waals surface area contributed by atoms with E-state index < -0.39 is 0 Å². The van der Waals surface area contributed by atoms with Crippen molar-refractivity contribution in [1.82, 2.24) is 0 Å². The molecular formula is C13H12O2. The van der Waals surface area contributed by atoms with Gasteiger partial charge in [0.15, 0.2) is 0 Å². The third-order valence-corrected chi connectivity index (χ3v) is 2.17. The maximum Gasteiger partial charge on any atom is 0.134 e. The molecule has 1 heterocycles. The van der Waals surface area contributed by atoms with Crippen molar-refractivity contribution < 1.29 is 9.21 Å². The van der Waals surface area contributed by atoms with Crippen LogP contribution in [-0.2, 0) is 11.2 Å². The normalized spacial score (nSPS) is 10.2. The van der Waals surface area contributed by atoms with Gasteiger partial charge in [0.25, 0.3) is 0 Å². The zero-order valence-electron chi connectivity index (χ0n) is 8.57. The Kier molecular flexibility index (Phi) is 2.68. The van der Waals surface area contributed by atoms with Gasteiger partial charge in [-0.05, 0) is 18.6 Å². The summed E-state index contributed by atoms with van der Waals surface area (Å²) < 4.78 is 5.40. The van der Waals surface area contributed by atoms with Crippen molar-refractivity contribution >= 4 is 5.78 Å². The predicted octanol–water partition coefficient (Wildman–Crippen LogP) is 3.08. The van der Waals surface area contributed by atoms with Gasteiger partial charge in [-0.2, -0.15) is 0 Å². The van der Waals surface area contributed by atoms with Crippen LogP contribution in [0.3, 0.4) is 0 Å². The molecule has 0 aliphatic rings. The molecule has 0 saturated heterocycles. The van der Waals surface area contributed by atoms with Crippen LogP contribution in [0.25, 0.3) is 11.3 Å². The lowest BCUT2D eigenvalue weighted by Gasteiger charge is -1.93. The molecule has 0 fully saturated rings. The van der Waals surface area contributed by atoms with Crippen molar-refractivity contribution in [3.05, 3.63) is 48.2 Å². The average molecular weight is 200 g/mol. The first kappa shape index (κ1) is 9.71. The van der Waals surface area contributed by atoms with Gasteiger partial charge in [0.1, 0.15) is 11.5 Å². The molecule has 2 aromatic rings. The molecule has 2 rings (SSSR count). The van der Waals surface area contributed by atoms with E-state index in [1.807, 2.05) is 36.4 Å². The monoisotopic (exact) mass is 200 g/mol. The van der Waals surface area contributed by atoms with E-state index in [9.17, 15) is 4.79 Å². The van der Waals surface area contributed by atoms with Crippen molar-refractivity contribution in [2.75, 3.05) is 0 Å². The molecule has 0 unspecified atom stereocenters. The van der Waals surface area contributed by atoms with Gasteiger partial charge in [0.2, 0.25) is 0 Å². The van der Waals surface area contributed by atoms with Crippen LogP contribution in [0.2, 0.25) is 0 Å². The molecular weight excluding hydrogens is 188 g/mol. The number of rotatable bonds is 3. The highest BCUT2D eigenvalue weighted by molar-refractivity contribution is 5.78. The topological polar surface area (TPSA) is 30.2 Å². The fourth-order valence-corrected chi connectivity index (χ4v) is 1.51. The SMILES string of the molecule is CC(=O)Cc1coc(-c2ccccc2)c1. The molecule has 76 valence electrons. The van der Waals surface area contributed by atoms with Crippen LogP contribution >= 0.6 is 0 Å². The summed E-state index contributed by atoms with van der Waals surface area (Å²) in [6.07, 6.45) is 2.08. The number of furan rings is 1. The second kappa shape index (κ2) is 4.13. The third kappa shape index (κ3) is 2.34. The Morgan fingerprint density at radius 2 is 2.00 bits per heavy atom. The van der Waals surface area contributed by atoms with Crippen LogP contribution in [0.4, 0.5) is 0 Å². The van der Waals surface area contributed by atoms with Gasteiger partial charge < -0.3 is 4.42 Å². The summed E-state index contributed by atoms with van der Waals surface area (Å²) in [5, 5.41) is 0. The third-order valence-electron chi connectivity index (χ3n) is 2.17. The largest absolute Gasteiger partial charge is 0.464 e. The van der Waals surface area contributed by atoms with Gasteiger partial charge in [-0.25, -0.2) is 0 Å². The highest BCUT2D eigenvalue weighted by atomic mass is 16.3. The average Bonchev–Trinajstić information content (AvgIpc) is 2.67. The van der Waals surface area contributed by atoms with Crippen LogP contribution in [0.1, 0.15) is 12.5 Å². The fourth-order valence-electron chi connectivity index (χ4n) is 1.51. The Morgan fingerprint density at radius 1 is 1.27 bits per heavy atom. The molecule has 1 aromatic carbocycles. The van der Waals surface area contributed by atoms with Crippen LogP contribution < -0.4 is 0 Å². The van der Waals surface area contributed by atoms with Crippen LogP contribution in [-0.4, -0.2) is 5.78 Å². The Morgan fingerprint density at radius 3 is 2.67 bits per heavy atom. The second-order valence-corrected chi connectivity index (χ2v) is 3.56. The number of hydrogen-bond acceptors (Lipinski definition) is 2. The van der Waals surface area contributed by atoms with Crippen LogP contribution in [0.15, 0.2) is 47.1 Å². The number of carbonyl (C=O) groups is 1. The Labute approximate surface area is 88.5 Å². The molecule has 0 amide bonds. The Hall–Kier alpha value is -1.83. The van der Waals surface area contributed by atoms with E-state index >= 15 is 0 Å². The van der Waals surface area contributed by atoms with E-state index in [4.69, 9.17) is 4.42 Å². The highest BCUT2D eigenvalue weighted by Crippen LogP contribution is 2.21. The number of benzene rings is 1. The summed E-state index contributed by atoms with van der Waals surface area (Å²) in [5.74, 6) is 0.960. The number of hydrogen-bond donors (Lipinski definition) is 0. The van der Waals surface area contributed by atoms with E-state index in [-0.39, 0.29) is 5.78 Å². The zero-order valence-corrected chi connectivity index (χ0v) is 8.57. The van der Waals surface area contributed by atoms with Gasteiger partial charge >= 0.3 is 0 Å². The summed E-state index contributed by atoms with van der Waals surface area (Å²) in [6, 6.07) is 11.8. The molecule has 1 aromatic heterocycles. The maximum atomic E-state index is 10.9. The molecule has 0 atom stereocenters. The Balaban J connectivity index is 2.24. The molecule has 0 spiro atoms. The number of carbonyl (C=O) groups excluding carboxylic acids is 1. The van der Waals surface area contributed by atoms with Crippen molar-refractivity contribution in [2.24, 2.45) is 0 Å². The van der Waals surface area contributed by atoms with Crippen LogP contribution in [0.5, 0.6) is 0 Å². The molecule has 2 heteroatoms. The minimum absolute atomic E-state index is 0.149. The summed E-state index contributed by atoms with van der Waals surface area (Å²) in [5.41, 5.74) is 1.97. The standard InChI is InChI=1S/C13H12O2/c1-10(14)7-11-8-13(15-9-11)12-5-3-2-4-6-12/h2-6,8-9H,7H2,1H3. The lowest BCUT2D eigenvalue weighted by atomic mass is 10.1. The van der Waals surface area contributed by atoms with Crippen molar-refractivity contribution in [3.8, 4) is 11.3 Å². The maximum absolute atomic E-state index is 10.9. The lowest BCUT2D eigenvalue weighted by molar-refractivity contribution is -0.116. The molecule has 0 N–H and O–H groups in total. The molecule has 0 saturated carbocycles. The first-order chi connectivity index (χ1) is 7.25. The molecule has 0 aliphatic carbocycles. The fraction of sp³-hybridized carbons (Fsp3) is 0.154. The first-order valence-corrected chi connectivity index (χ1v) is 4.88. The number of ketones is 1. The quantitative estimate of drug-likeness (QED) is 0.762. The smallest absolute Gasteiger partial charge is 0.134 e. The van der Waals surface area contributed by atoms with Gasteiger partial charge in [-0.1, -0.05) is 30.3 Å². The predicted molar refractivity (Wildman–Crippen MR) is 58.5 cm³/mol. The molecule has 2 nitrogen and oxygen atoms in total. The van der Waals surface area contributed by atoms with Crippen molar-refractivity contribution in [3.63, 3.8) is 0 Å². The molecule has 0 bridgehead atoms. The minimum atomic E-state index is 0.149. The first-order valence-electron chi connectivity index (χ1n) is 4.88. The van der Waals surface area contributed by atoms with Gasteiger partial charge in [-0.15, -0.1) is 0 Å². The lowest BCUT2D eigenvalue weighted by Crippen LogP contribution is -1.93. The van der Waals surface area contributed by atoms with E-state index in [1.165, 1.54) is 0 Å². The van der Waals surface area contributed by atoms with E-state index in [1.54, 1.807) is 13.2 Å². The van der Waals surface area contributed by atoms with Crippen molar-refractivity contribution in [1.29, 1.82) is 0 Å². The van der Waals surface area contributed by atoms with Crippen molar-refractivity contribution in [2.45, 2.75) is 13.3 Å². The minimum Gasteiger partial charge on any atom is -0.464 e. The molecule has 0 radical (unpaired) electrons. The summed E-state index contributed by atoms with van der Waals surface area (Å²) in [6.45, 7) is 1.58. The van der Waals surface area contributed by atoms with Gasteiger partial charge in [-0.3, -0.25) is 4.79 Å². The number of Topliss-reactive ketones (excluding diaryl/α,β-unsaturated/α-hetero) is 1. The van der Waals surface area contributed by atoms with Crippen LogP contribution in [0, 0.1) is 0 Å². The summed E-state index contributed by atoms with van der Waals surface area (Å²) in [7, 11) is 0. The molecule has 15 heavy (non-hydrogen) atoms. The highest BCUT2D eigenvalue weighted by Gasteiger charge is 2.05. The zero-order chi connectivity index (χ0) is 10.7. The summed E-state index contributed by atoms with van der Waals surface area (Å²) >= 11 is 0. The second-order valence-electron chi connectivity index (χ2n) is 3.56. The Bertz CT molecular complexity index is 454. The summed E-state index contributed by atoms with van der Waals surface area (Å²) in [4.78, 5) is 10.9. The van der Waals surface area contributed by atoms with E-state index in [2.05, 4.69) is 0 Å². The molecule has 0 aliphatic heterocycles. The van der Waals surface area contributed by atoms with Gasteiger partial charge in [0.05, 0.1) is 6.26 Å².